The molecule has 0 bridgehead atoms. The molecule has 0 unspecified atom stereocenters. The SMILES string of the molecule is CCc1ccccc1NC(=S)C(=C([O-])c1cccs1)[n+]1cccc(CO)c1. The van der Waals surface area contributed by atoms with Crippen molar-refractivity contribution in [3.8, 4) is 0 Å². The summed E-state index contributed by atoms with van der Waals surface area (Å²) in [5.41, 5.74) is 3.07. The summed E-state index contributed by atoms with van der Waals surface area (Å²) in [6.45, 7) is 1.96. The fourth-order valence-corrected chi connectivity index (χ4v) is 3.72. The largest absolute Gasteiger partial charge is 0.867 e. The second-order valence-electron chi connectivity index (χ2n) is 5.90. The Morgan fingerprint density at radius 1 is 1.19 bits per heavy atom. The van der Waals surface area contributed by atoms with E-state index in [0.29, 0.717) is 21.1 Å². The van der Waals surface area contributed by atoms with Crippen molar-refractivity contribution in [1.82, 2.24) is 0 Å². The van der Waals surface area contributed by atoms with E-state index in [1.54, 1.807) is 35.2 Å². The maximum absolute atomic E-state index is 13.2. The number of nitrogens with one attached hydrogen (secondary N) is 1. The molecule has 0 aliphatic rings. The summed E-state index contributed by atoms with van der Waals surface area (Å²) in [4.78, 5) is 0.953. The lowest BCUT2D eigenvalue weighted by Gasteiger charge is -2.17. The van der Waals surface area contributed by atoms with Crippen LogP contribution in [0.3, 0.4) is 0 Å². The number of aryl methyl sites for hydroxylation is 1. The highest BCUT2D eigenvalue weighted by atomic mass is 32.1. The van der Waals surface area contributed by atoms with Crippen LogP contribution in [0, 0.1) is 0 Å². The standard InChI is InChI=1S/C21H20N2O2S2/c1-2-16-8-3-4-9-17(16)22-21(26)19(20(25)18-10-6-12-27-18)23-11-5-7-15(13-23)14-24/h3-13,24H,2,14H2,1H3,(H-,22,25,26). The van der Waals surface area contributed by atoms with Crippen LogP contribution in [0.2, 0.25) is 0 Å². The summed E-state index contributed by atoms with van der Waals surface area (Å²) in [6, 6.07) is 15.1. The lowest BCUT2D eigenvalue weighted by atomic mass is 10.1. The highest BCUT2D eigenvalue weighted by Gasteiger charge is 2.20. The van der Waals surface area contributed by atoms with Gasteiger partial charge in [0.05, 0.1) is 6.61 Å². The number of hydrogen-bond donors (Lipinski definition) is 2. The zero-order chi connectivity index (χ0) is 19.2. The predicted molar refractivity (Wildman–Crippen MR) is 112 cm³/mol. The number of pyridine rings is 1. The van der Waals surface area contributed by atoms with E-state index >= 15 is 0 Å². The summed E-state index contributed by atoms with van der Waals surface area (Å²) in [5.74, 6) is -0.156. The number of thiocarbonyl (C=S) groups is 1. The fourth-order valence-electron chi connectivity index (χ4n) is 2.75. The summed E-state index contributed by atoms with van der Waals surface area (Å²) in [7, 11) is 0. The molecule has 2 N–H and O–H groups in total. The number of thiophene rings is 1. The average Bonchev–Trinajstić information content (AvgIpc) is 3.23. The first-order valence-corrected chi connectivity index (χ1v) is 9.88. The van der Waals surface area contributed by atoms with Crippen molar-refractivity contribution in [2.24, 2.45) is 0 Å². The molecule has 3 rings (SSSR count). The molecule has 2 heterocycles. The molecule has 0 atom stereocenters. The molecule has 2 aromatic heterocycles. The Bertz CT molecular complexity index is 966. The van der Waals surface area contributed by atoms with Crippen LogP contribution in [0.15, 0.2) is 66.3 Å². The molecule has 138 valence electrons. The van der Waals surface area contributed by atoms with Crippen LogP contribution in [-0.4, -0.2) is 10.1 Å². The number of anilines is 1. The van der Waals surface area contributed by atoms with Gasteiger partial charge in [0.25, 0.3) is 0 Å². The summed E-state index contributed by atoms with van der Waals surface area (Å²) >= 11 is 7.00. The van der Waals surface area contributed by atoms with Gasteiger partial charge in [-0.05, 0) is 41.3 Å². The van der Waals surface area contributed by atoms with Crippen LogP contribution in [0.25, 0.3) is 11.5 Å². The van der Waals surface area contributed by atoms with Crippen molar-refractivity contribution >= 4 is 45.7 Å². The quantitative estimate of drug-likeness (QED) is 0.291. The lowest BCUT2D eigenvalue weighted by Crippen LogP contribution is -2.40. The third-order valence-electron chi connectivity index (χ3n) is 4.12. The minimum Gasteiger partial charge on any atom is -0.867 e. The molecule has 4 nitrogen and oxygen atoms in total. The number of nitrogens with zero attached hydrogens (tertiary/aromatic N) is 1. The first-order valence-electron chi connectivity index (χ1n) is 8.60. The molecule has 6 heteroatoms. The number of aromatic nitrogens is 1. The van der Waals surface area contributed by atoms with Gasteiger partial charge in [-0.3, -0.25) is 0 Å². The molecule has 0 spiro atoms. The predicted octanol–water partition coefficient (Wildman–Crippen LogP) is 3.22. The fraction of sp³-hybridized carbons (Fsp3) is 0.143. The Hall–Kier alpha value is -2.54. The van der Waals surface area contributed by atoms with E-state index < -0.39 is 0 Å². The topological polar surface area (TPSA) is 59.2 Å². The maximum Gasteiger partial charge on any atom is 0.239 e. The van der Waals surface area contributed by atoms with Crippen LogP contribution in [0.1, 0.15) is 22.9 Å². The summed E-state index contributed by atoms with van der Waals surface area (Å²) < 4.78 is 1.68. The van der Waals surface area contributed by atoms with Crippen molar-refractivity contribution in [3.63, 3.8) is 0 Å². The van der Waals surface area contributed by atoms with Crippen molar-refractivity contribution in [3.05, 3.63) is 82.3 Å². The van der Waals surface area contributed by atoms with Gasteiger partial charge in [-0.1, -0.05) is 43.4 Å². The Morgan fingerprint density at radius 2 is 2.00 bits per heavy atom. The van der Waals surface area contributed by atoms with Gasteiger partial charge in [0, 0.05) is 22.2 Å². The number of rotatable bonds is 6. The van der Waals surface area contributed by atoms with E-state index in [9.17, 15) is 10.2 Å². The second-order valence-corrected chi connectivity index (χ2v) is 7.25. The molecule has 0 saturated carbocycles. The monoisotopic (exact) mass is 396 g/mol. The number of benzene rings is 1. The van der Waals surface area contributed by atoms with Crippen LogP contribution in [0.4, 0.5) is 5.69 Å². The van der Waals surface area contributed by atoms with Gasteiger partial charge in [0.2, 0.25) is 5.70 Å². The number of aliphatic hydroxyl groups is 1. The van der Waals surface area contributed by atoms with Crippen LogP contribution in [0.5, 0.6) is 0 Å². The first kappa shape index (κ1) is 19.2. The zero-order valence-electron chi connectivity index (χ0n) is 14.9. The third kappa shape index (κ3) is 4.42. The Morgan fingerprint density at radius 3 is 2.70 bits per heavy atom. The molecular weight excluding hydrogens is 376 g/mol. The maximum atomic E-state index is 13.2. The Labute approximate surface area is 168 Å². The number of para-hydroxylation sites is 1. The minimum absolute atomic E-state index is 0.111. The molecule has 0 saturated heterocycles. The lowest BCUT2D eigenvalue weighted by molar-refractivity contribution is -0.578. The highest BCUT2D eigenvalue weighted by molar-refractivity contribution is 7.81. The molecule has 3 aromatic rings. The normalized spacial score (nSPS) is 11.8. The van der Waals surface area contributed by atoms with Gasteiger partial charge in [-0.2, -0.15) is 4.57 Å². The second kappa shape index (κ2) is 8.90. The minimum atomic E-state index is -0.156. The Kier molecular flexibility index (Phi) is 6.34. The van der Waals surface area contributed by atoms with Crippen LogP contribution in [-0.2, 0) is 13.0 Å². The van der Waals surface area contributed by atoms with Crippen LogP contribution >= 0.6 is 23.6 Å². The number of aliphatic hydroxyl groups excluding tert-OH is 1. The van der Waals surface area contributed by atoms with Crippen molar-refractivity contribution in [2.75, 3.05) is 5.32 Å². The molecule has 0 amide bonds. The van der Waals surface area contributed by atoms with Gasteiger partial charge in [0.15, 0.2) is 17.4 Å². The highest BCUT2D eigenvalue weighted by Crippen LogP contribution is 2.22. The van der Waals surface area contributed by atoms with E-state index in [2.05, 4.69) is 12.2 Å². The molecular formula is C21H20N2O2S2. The Balaban J connectivity index is 2.07. The molecule has 1 aromatic carbocycles. The molecule has 0 fully saturated rings. The summed E-state index contributed by atoms with van der Waals surface area (Å²) in [5, 5.41) is 27.7. The summed E-state index contributed by atoms with van der Waals surface area (Å²) in [6.07, 6.45) is 4.34. The molecule has 0 aliphatic carbocycles. The molecule has 27 heavy (non-hydrogen) atoms. The first-order chi connectivity index (χ1) is 13.1. The van der Waals surface area contributed by atoms with Gasteiger partial charge in [-0.15, -0.1) is 11.3 Å². The smallest absolute Gasteiger partial charge is 0.239 e. The zero-order valence-corrected chi connectivity index (χ0v) is 16.5. The van der Waals surface area contributed by atoms with Crippen molar-refractivity contribution < 1.29 is 14.8 Å². The van der Waals surface area contributed by atoms with Crippen molar-refractivity contribution in [1.29, 1.82) is 0 Å². The van der Waals surface area contributed by atoms with E-state index in [4.69, 9.17) is 12.2 Å². The average molecular weight is 397 g/mol. The van der Waals surface area contributed by atoms with Crippen molar-refractivity contribution in [2.45, 2.75) is 20.0 Å². The van der Waals surface area contributed by atoms with E-state index in [1.165, 1.54) is 11.3 Å². The molecule has 0 aliphatic heterocycles. The molecule has 0 radical (unpaired) electrons. The van der Waals surface area contributed by atoms with E-state index in [1.807, 2.05) is 35.7 Å². The van der Waals surface area contributed by atoms with Crippen LogP contribution < -0.4 is 15.0 Å². The van der Waals surface area contributed by atoms with Gasteiger partial charge in [-0.25, -0.2) is 0 Å². The third-order valence-corrected chi connectivity index (χ3v) is 5.29. The number of hydrogen-bond acceptors (Lipinski definition) is 4. The van der Waals surface area contributed by atoms with Gasteiger partial charge in [0.1, 0.15) is 0 Å². The van der Waals surface area contributed by atoms with E-state index in [0.717, 1.165) is 17.7 Å². The van der Waals surface area contributed by atoms with Gasteiger partial charge >= 0.3 is 0 Å². The van der Waals surface area contributed by atoms with Gasteiger partial charge < -0.3 is 15.5 Å². The van der Waals surface area contributed by atoms with E-state index in [-0.39, 0.29) is 12.4 Å².